The van der Waals surface area contributed by atoms with Gasteiger partial charge in [0.25, 0.3) is 0 Å². The predicted octanol–water partition coefficient (Wildman–Crippen LogP) is 4.65. The van der Waals surface area contributed by atoms with Gasteiger partial charge < -0.3 is 25.1 Å². The van der Waals surface area contributed by atoms with Crippen LogP contribution in [-0.4, -0.2) is 39.4 Å². The fourth-order valence-electron chi connectivity index (χ4n) is 3.62. The van der Waals surface area contributed by atoms with Crippen LogP contribution in [0.4, 0.5) is 5.82 Å². The van der Waals surface area contributed by atoms with Crippen LogP contribution >= 0.6 is 23.1 Å². The summed E-state index contributed by atoms with van der Waals surface area (Å²) in [5, 5.41) is 8.54. The summed E-state index contributed by atoms with van der Waals surface area (Å²) in [5.74, 6) is 1.88. The minimum absolute atomic E-state index is 0.211. The first-order valence-corrected chi connectivity index (χ1v) is 12.5. The number of ether oxygens (including phenoxy) is 2. The average molecular weight is 483 g/mol. The Bertz CT molecular complexity index is 1280. The number of hydrogen-bond donors (Lipinski definition) is 2. The topological polar surface area (TPSA) is 100 Å². The third kappa shape index (κ3) is 4.64. The molecule has 0 unspecified atom stereocenters. The molecule has 0 bridgehead atoms. The van der Waals surface area contributed by atoms with Crippen molar-refractivity contribution in [1.82, 2.24) is 24.8 Å². The number of nitrogens with zero attached hydrogens (tertiary/aromatic N) is 4. The molecule has 10 heteroatoms. The number of benzene rings is 1. The molecule has 0 aliphatic carbocycles. The molecule has 1 aliphatic rings. The van der Waals surface area contributed by atoms with Crippen molar-refractivity contribution in [1.29, 1.82) is 0 Å². The minimum atomic E-state index is 0.211. The summed E-state index contributed by atoms with van der Waals surface area (Å²) in [5.41, 5.74) is 9.92. The number of nitrogens with two attached hydrogens (primary N) is 1. The number of hydrogen-bond acceptors (Lipinski definition) is 9. The molecule has 33 heavy (non-hydrogen) atoms. The Labute approximate surface area is 200 Å². The maximum atomic E-state index is 6.14. The summed E-state index contributed by atoms with van der Waals surface area (Å²) in [6.45, 7) is 9.30. The maximum absolute atomic E-state index is 6.14. The van der Waals surface area contributed by atoms with E-state index in [2.05, 4.69) is 57.4 Å². The van der Waals surface area contributed by atoms with E-state index in [9.17, 15) is 0 Å². The lowest BCUT2D eigenvalue weighted by Crippen LogP contribution is -2.29. The quantitative estimate of drug-likeness (QED) is 0.367. The van der Waals surface area contributed by atoms with Crippen molar-refractivity contribution in [3.05, 3.63) is 35.3 Å². The molecule has 3 N–H and O–H groups in total. The first-order chi connectivity index (χ1) is 15.9. The molecule has 4 aromatic rings. The molecule has 0 spiro atoms. The molecule has 4 heterocycles. The zero-order valence-corrected chi connectivity index (χ0v) is 20.4. The van der Waals surface area contributed by atoms with Crippen molar-refractivity contribution in [3.8, 4) is 22.6 Å². The number of thiophene rings is 1. The first-order valence-electron chi connectivity index (χ1n) is 10.7. The van der Waals surface area contributed by atoms with Crippen molar-refractivity contribution in [2.24, 2.45) is 5.41 Å². The lowest BCUT2D eigenvalue weighted by Gasteiger charge is -2.19. The monoisotopic (exact) mass is 482 g/mol. The molecule has 1 aromatic carbocycles. The van der Waals surface area contributed by atoms with Gasteiger partial charge in [0.1, 0.15) is 6.33 Å². The van der Waals surface area contributed by atoms with Gasteiger partial charge in [0, 0.05) is 30.1 Å². The molecule has 172 valence electrons. The number of fused-ring (bicyclic) bond motifs is 2. The molecule has 0 saturated carbocycles. The Morgan fingerprint density at radius 1 is 1.21 bits per heavy atom. The van der Waals surface area contributed by atoms with E-state index in [-0.39, 0.29) is 12.2 Å². The number of nitrogen functional groups attached to an aromatic ring is 1. The molecule has 3 aromatic heterocycles. The fraction of sp³-hybridized carbons (Fsp3) is 0.348. The molecule has 8 nitrogen and oxygen atoms in total. The second-order valence-corrected chi connectivity index (χ2v) is 10.8. The van der Waals surface area contributed by atoms with E-state index in [1.54, 1.807) is 23.1 Å². The number of imidazole rings is 1. The summed E-state index contributed by atoms with van der Waals surface area (Å²) < 4.78 is 13.4. The second-order valence-electron chi connectivity index (χ2n) is 9.03. The average Bonchev–Trinajstić information content (AvgIpc) is 3.51. The third-order valence-corrected chi connectivity index (χ3v) is 6.94. The van der Waals surface area contributed by atoms with Crippen LogP contribution in [0.3, 0.4) is 0 Å². The van der Waals surface area contributed by atoms with Gasteiger partial charge in [-0.2, -0.15) is 11.3 Å². The van der Waals surface area contributed by atoms with Gasteiger partial charge in [-0.1, -0.05) is 32.5 Å². The van der Waals surface area contributed by atoms with Crippen LogP contribution in [0.25, 0.3) is 22.3 Å². The van der Waals surface area contributed by atoms with Crippen LogP contribution < -0.4 is 20.5 Å². The summed E-state index contributed by atoms with van der Waals surface area (Å²) in [4.78, 5) is 14.5. The fourth-order valence-corrected chi connectivity index (χ4v) is 5.35. The Kier molecular flexibility index (Phi) is 5.90. The molecule has 0 radical (unpaired) electrons. The normalized spacial score (nSPS) is 13.2. The van der Waals surface area contributed by atoms with Crippen LogP contribution in [0.2, 0.25) is 0 Å². The summed E-state index contributed by atoms with van der Waals surface area (Å²) >= 11 is 3.23. The van der Waals surface area contributed by atoms with Crippen molar-refractivity contribution in [2.45, 2.75) is 37.4 Å². The Balaban J connectivity index is 1.52. The van der Waals surface area contributed by atoms with Crippen LogP contribution in [-0.2, 0) is 6.54 Å². The molecule has 0 fully saturated rings. The number of rotatable bonds is 7. The predicted molar refractivity (Wildman–Crippen MR) is 132 cm³/mol. The smallest absolute Gasteiger partial charge is 0.231 e. The van der Waals surface area contributed by atoms with E-state index < -0.39 is 0 Å². The van der Waals surface area contributed by atoms with Gasteiger partial charge in [-0.25, -0.2) is 15.0 Å². The maximum Gasteiger partial charge on any atom is 0.231 e. The van der Waals surface area contributed by atoms with E-state index in [0.717, 1.165) is 51.4 Å². The Morgan fingerprint density at radius 3 is 2.79 bits per heavy atom. The molecule has 0 amide bonds. The Hall–Kier alpha value is -2.82. The van der Waals surface area contributed by atoms with Gasteiger partial charge in [0.15, 0.2) is 33.6 Å². The standard InChI is InChI=1S/C23H26N6O2S2/c1-23(2,3)11-25-5-6-29-21-19(20(24)26-12-27-21)28-22(29)33-18-9-17-16(30-13-31-17)8-15(18)14-4-7-32-10-14/h4,7-10,12,25H,5-6,11,13H2,1-3H3,(H2,24,26,27). The molecule has 5 rings (SSSR count). The van der Waals surface area contributed by atoms with Crippen LogP contribution in [0.15, 0.2) is 45.3 Å². The van der Waals surface area contributed by atoms with E-state index in [4.69, 9.17) is 20.2 Å². The van der Waals surface area contributed by atoms with E-state index in [1.807, 2.05) is 12.1 Å². The Morgan fingerprint density at radius 2 is 2.03 bits per heavy atom. The molecule has 1 aliphatic heterocycles. The van der Waals surface area contributed by atoms with Crippen molar-refractivity contribution in [2.75, 3.05) is 25.6 Å². The lowest BCUT2D eigenvalue weighted by molar-refractivity contribution is 0.174. The lowest BCUT2D eigenvalue weighted by atomic mass is 9.97. The van der Waals surface area contributed by atoms with Crippen molar-refractivity contribution < 1.29 is 9.47 Å². The zero-order chi connectivity index (χ0) is 23.0. The van der Waals surface area contributed by atoms with Gasteiger partial charge in [0.2, 0.25) is 6.79 Å². The SMILES string of the molecule is CC(C)(C)CNCCn1c(Sc2cc3c(cc2-c2ccsc2)OCO3)nc2c(N)ncnc21. The van der Waals surface area contributed by atoms with Crippen LogP contribution in [0, 0.1) is 5.41 Å². The first kappa shape index (κ1) is 22.0. The van der Waals surface area contributed by atoms with Crippen LogP contribution in [0.1, 0.15) is 20.8 Å². The highest BCUT2D eigenvalue weighted by Crippen LogP contribution is 2.45. The van der Waals surface area contributed by atoms with Gasteiger partial charge in [-0.15, -0.1) is 0 Å². The summed E-state index contributed by atoms with van der Waals surface area (Å²) in [6, 6.07) is 6.17. The van der Waals surface area contributed by atoms with Gasteiger partial charge in [-0.05, 0) is 39.9 Å². The van der Waals surface area contributed by atoms with Crippen LogP contribution in [0.5, 0.6) is 11.5 Å². The van der Waals surface area contributed by atoms with E-state index in [0.29, 0.717) is 17.9 Å². The molecule has 0 saturated heterocycles. The minimum Gasteiger partial charge on any atom is -0.454 e. The van der Waals surface area contributed by atoms with Gasteiger partial charge in [-0.3, -0.25) is 0 Å². The highest BCUT2D eigenvalue weighted by Gasteiger charge is 2.22. The number of anilines is 1. The van der Waals surface area contributed by atoms with Crippen molar-refractivity contribution >= 4 is 40.1 Å². The summed E-state index contributed by atoms with van der Waals surface area (Å²) in [6.07, 6.45) is 1.49. The molecule has 0 atom stereocenters. The summed E-state index contributed by atoms with van der Waals surface area (Å²) in [7, 11) is 0. The molecular formula is C23H26N6O2S2. The second kappa shape index (κ2) is 8.85. The highest BCUT2D eigenvalue weighted by atomic mass is 32.2. The van der Waals surface area contributed by atoms with Gasteiger partial charge >= 0.3 is 0 Å². The van der Waals surface area contributed by atoms with E-state index >= 15 is 0 Å². The van der Waals surface area contributed by atoms with Gasteiger partial charge in [0.05, 0.1) is 0 Å². The number of aromatic nitrogens is 4. The highest BCUT2D eigenvalue weighted by molar-refractivity contribution is 7.99. The van der Waals surface area contributed by atoms with E-state index in [1.165, 1.54) is 6.33 Å². The third-order valence-electron chi connectivity index (χ3n) is 5.20. The zero-order valence-electron chi connectivity index (χ0n) is 18.8. The number of nitrogens with one attached hydrogen (secondary N) is 1. The van der Waals surface area contributed by atoms with Crippen molar-refractivity contribution in [3.63, 3.8) is 0 Å². The molecular weight excluding hydrogens is 456 g/mol. The largest absolute Gasteiger partial charge is 0.454 e.